The average Bonchev–Trinajstić information content (AvgIpc) is 2.70. The maximum absolute atomic E-state index is 7.42. The maximum Gasteiger partial charge on any atom is 0.0233 e. The van der Waals surface area contributed by atoms with Crippen molar-refractivity contribution in [2.24, 2.45) is 35.5 Å². The lowest BCUT2D eigenvalue weighted by Crippen LogP contribution is -2.01. The fourth-order valence-electron chi connectivity index (χ4n) is 4.88. The largest absolute Gasteiger partial charge is 0.0628 e. The van der Waals surface area contributed by atoms with Crippen LogP contribution in [0.5, 0.6) is 0 Å². The topological polar surface area (TPSA) is 0 Å². The third kappa shape index (κ3) is 21.2. The van der Waals surface area contributed by atoms with Crippen LogP contribution in [0.3, 0.4) is 0 Å². The molecule has 0 bridgehead atoms. The number of hydrogen-bond acceptors (Lipinski definition) is 0. The molecule has 0 aliphatic rings. The van der Waals surface area contributed by atoms with Crippen LogP contribution in [-0.4, -0.2) is 0 Å². The van der Waals surface area contributed by atoms with Crippen molar-refractivity contribution in [2.45, 2.75) is 158 Å². The Bertz CT molecular complexity index is 363. The summed E-state index contributed by atoms with van der Waals surface area (Å²) in [7, 11) is 0. The van der Waals surface area contributed by atoms with Crippen LogP contribution < -0.4 is 0 Å². The molecule has 0 heteroatoms. The van der Waals surface area contributed by atoms with Crippen LogP contribution in [0.15, 0.2) is 0 Å². The van der Waals surface area contributed by atoms with E-state index in [-0.39, 0.29) is 0 Å². The Morgan fingerprint density at radius 1 is 0.367 bits per heavy atom. The summed E-state index contributed by atoms with van der Waals surface area (Å²) in [4.78, 5) is 0. The Kier molecular flexibility index (Phi) is 18.4. The zero-order valence-electron chi connectivity index (χ0n) is 23.5. The molecule has 0 amide bonds. The Balaban J connectivity index is 3.55. The molecule has 0 heterocycles. The molecule has 0 aliphatic carbocycles. The molecule has 0 aromatic heterocycles. The molecule has 0 aromatic rings. The summed E-state index contributed by atoms with van der Waals surface area (Å²) in [5.41, 5.74) is 0. The van der Waals surface area contributed by atoms with Gasteiger partial charge in [-0.15, -0.1) is 0 Å². The molecule has 0 radical (unpaired) electrons. The lowest BCUT2D eigenvalue weighted by atomic mass is 9.90. The van der Waals surface area contributed by atoms with Crippen molar-refractivity contribution in [1.82, 2.24) is 0 Å². The quantitative estimate of drug-likeness (QED) is 0.161. The molecule has 0 aliphatic heterocycles. The third-order valence-corrected chi connectivity index (χ3v) is 7.30. The fourth-order valence-corrected chi connectivity index (χ4v) is 4.88. The second-order valence-corrected chi connectivity index (χ2v) is 11.9. The molecular formula is C30H62. The Labute approximate surface area is 195 Å². The molecule has 0 spiro atoms. The van der Waals surface area contributed by atoms with Gasteiger partial charge in [-0.05, 0) is 35.5 Å². The molecule has 0 N–H and O–H groups in total. The van der Waals surface area contributed by atoms with Crippen LogP contribution in [-0.2, 0) is 0 Å². The Morgan fingerprint density at radius 2 is 0.633 bits per heavy atom. The van der Waals surface area contributed by atoms with E-state index in [1.807, 2.05) is 0 Å². The van der Waals surface area contributed by atoms with Crippen LogP contribution in [0.25, 0.3) is 0 Å². The van der Waals surface area contributed by atoms with Gasteiger partial charge >= 0.3 is 0 Å². The normalized spacial score (nSPS) is 17.5. The summed E-state index contributed by atoms with van der Waals surface area (Å²) < 4.78 is 7.42. The molecule has 0 nitrogen and oxygen atoms in total. The number of rotatable bonds is 21. The predicted molar refractivity (Wildman–Crippen MR) is 140 cm³/mol. The standard InChI is InChI=1S/C30H62/c1-25(2)15-11-19-29(7)23-13-21-27(5)17-9-10-18-28(6)22-14-24-30(8)20-12-16-26(3)4/h25-30H,9-24H2,1-8H3/i1D. The van der Waals surface area contributed by atoms with E-state index in [4.69, 9.17) is 1.37 Å². The molecule has 0 aromatic carbocycles. The van der Waals surface area contributed by atoms with E-state index < -0.39 is 0 Å². The van der Waals surface area contributed by atoms with Gasteiger partial charge < -0.3 is 0 Å². The molecule has 5 unspecified atom stereocenters. The first-order valence-electron chi connectivity index (χ1n) is 14.7. The van der Waals surface area contributed by atoms with E-state index in [9.17, 15) is 0 Å². The van der Waals surface area contributed by atoms with Gasteiger partial charge in [0.05, 0.1) is 0 Å². The van der Waals surface area contributed by atoms with Crippen molar-refractivity contribution in [3.8, 4) is 0 Å². The summed E-state index contributed by atoms with van der Waals surface area (Å²) in [5, 5.41) is 0. The molecule has 0 saturated heterocycles. The highest BCUT2D eigenvalue weighted by Crippen LogP contribution is 2.24. The van der Waals surface area contributed by atoms with E-state index in [0.29, 0.717) is 12.8 Å². The van der Waals surface area contributed by atoms with Gasteiger partial charge in [-0.1, -0.05) is 158 Å². The molecule has 0 fully saturated rings. The van der Waals surface area contributed by atoms with Crippen LogP contribution in [0, 0.1) is 35.5 Å². The molecule has 0 saturated carbocycles. The summed E-state index contributed by atoms with van der Waals surface area (Å²) in [5.74, 6) is 5.12. The summed E-state index contributed by atoms with van der Waals surface area (Å²) in [6.07, 6.45) is 22.6. The number of hydrogen-bond donors (Lipinski definition) is 0. The first kappa shape index (κ1) is 28.0. The minimum atomic E-state index is 0.595. The van der Waals surface area contributed by atoms with Gasteiger partial charge in [-0.2, -0.15) is 0 Å². The van der Waals surface area contributed by atoms with Gasteiger partial charge in [-0.3, -0.25) is 0 Å². The van der Waals surface area contributed by atoms with Crippen molar-refractivity contribution in [3.63, 3.8) is 0 Å². The van der Waals surface area contributed by atoms with Crippen LogP contribution in [0.2, 0.25) is 0 Å². The average molecular weight is 424 g/mol. The van der Waals surface area contributed by atoms with Crippen molar-refractivity contribution in [3.05, 3.63) is 0 Å². The molecular weight excluding hydrogens is 360 g/mol. The summed E-state index contributed by atoms with van der Waals surface area (Å²) in [6.45, 7) is 17.4. The zero-order chi connectivity index (χ0) is 23.5. The van der Waals surface area contributed by atoms with E-state index in [1.165, 1.54) is 103 Å². The molecule has 30 heavy (non-hydrogen) atoms. The maximum atomic E-state index is 7.42. The van der Waals surface area contributed by atoms with Gasteiger partial charge in [0.1, 0.15) is 0 Å². The highest BCUT2D eigenvalue weighted by molar-refractivity contribution is 4.62. The second-order valence-electron chi connectivity index (χ2n) is 11.9. The number of unbranched alkanes of at least 4 members (excludes halogenated alkanes) is 1. The fraction of sp³-hybridized carbons (Fsp3) is 1.00. The Morgan fingerprint density at radius 3 is 0.933 bits per heavy atom. The summed E-state index contributed by atoms with van der Waals surface area (Å²) in [6, 6.07) is 0. The third-order valence-electron chi connectivity index (χ3n) is 7.30. The van der Waals surface area contributed by atoms with E-state index in [1.54, 1.807) is 0 Å². The first-order chi connectivity index (χ1) is 14.7. The van der Waals surface area contributed by atoms with E-state index >= 15 is 0 Å². The van der Waals surface area contributed by atoms with Gasteiger partial charge in [0, 0.05) is 1.37 Å². The van der Waals surface area contributed by atoms with Crippen molar-refractivity contribution in [2.75, 3.05) is 0 Å². The van der Waals surface area contributed by atoms with Crippen LogP contribution in [0.4, 0.5) is 0 Å². The molecule has 182 valence electrons. The van der Waals surface area contributed by atoms with Crippen molar-refractivity contribution < 1.29 is 1.37 Å². The lowest BCUT2D eigenvalue weighted by molar-refractivity contribution is 0.369. The lowest BCUT2D eigenvalue weighted by Gasteiger charge is -2.16. The predicted octanol–water partition coefficient (Wildman–Crippen LogP) is 11.1. The molecule has 5 atom stereocenters. The van der Waals surface area contributed by atoms with Crippen LogP contribution in [0.1, 0.15) is 159 Å². The Hall–Kier alpha value is 0. The van der Waals surface area contributed by atoms with Gasteiger partial charge in [0.15, 0.2) is 0 Å². The highest BCUT2D eigenvalue weighted by Gasteiger charge is 2.09. The highest BCUT2D eigenvalue weighted by atomic mass is 14.1. The van der Waals surface area contributed by atoms with Gasteiger partial charge in [0.25, 0.3) is 0 Å². The zero-order valence-corrected chi connectivity index (χ0v) is 22.5. The smallest absolute Gasteiger partial charge is 0.0233 e. The minimum Gasteiger partial charge on any atom is -0.0628 e. The monoisotopic (exact) mass is 423 g/mol. The van der Waals surface area contributed by atoms with Crippen molar-refractivity contribution >= 4 is 0 Å². The van der Waals surface area contributed by atoms with E-state index in [0.717, 1.165) is 29.6 Å². The minimum absolute atomic E-state index is 0.595. The van der Waals surface area contributed by atoms with Crippen molar-refractivity contribution in [1.29, 1.82) is 0 Å². The van der Waals surface area contributed by atoms with Gasteiger partial charge in [-0.25, -0.2) is 0 Å². The van der Waals surface area contributed by atoms with Crippen LogP contribution >= 0.6 is 0 Å². The first-order valence-corrected chi connectivity index (χ1v) is 14.0. The summed E-state index contributed by atoms with van der Waals surface area (Å²) >= 11 is 0. The van der Waals surface area contributed by atoms with Gasteiger partial charge in [0.2, 0.25) is 0 Å². The van der Waals surface area contributed by atoms with E-state index in [2.05, 4.69) is 48.5 Å². The SMILES string of the molecule is [2H]CC(C)CCCC(C)CCCC(C)CCCCC(C)CCCC(C)CCCC(C)C. The second kappa shape index (κ2) is 19.7. The molecule has 0 rings (SSSR count).